The predicted molar refractivity (Wildman–Crippen MR) is 64.8 cm³/mol. The number of esters is 1. The van der Waals surface area contributed by atoms with E-state index in [4.69, 9.17) is 15.0 Å². The quantitative estimate of drug-likeness (QED) is 0.656. The van der Waals surface area contributed by atoms with Crippen molar-refractivity contribution in [3.63, 3.8) is 0 Å². The Labute approximate surface area is 104 Å². The zero-order valence-corrected chi connectivity index (χ0v) is 10.1. The fraction of sp³-hybridized carbons (Fsp3) is 0.250. The predicted octanol–water partition coefficient (Wildman–Crippen LogP) is 1.80. The number of hydrogen-bond acceptors (Lipinski definition) is 6. The number of anilines is 1. The zero-order valence-electron chi connectivity index (χ0n) is 10.1. The van der Waals surface area contributed by atoms with Crippen molar-refractivity contribution < 1.29 is 14.1 Å². The van der Waals surface area contributed by atoms with Crippen LogP contribution in [0.2, 0.25) is 0 Å². The summed E-state index contributed by atoms with van der Waals surface area (Å²) in [5.41, 5.74) is 7.93. The Kier molecular flexibility index (Phi) is 3.27. The third-order valence-corrected chi connectivity index (χ3v) is 2.38. The lowest BCUT2D eigenvalue weighted by Gasteiger charge is -2.01. The Bertz CT molecular complexity index is 578. The average molecular weight is 247 g/mol. The number of aromatic nitrogens is 2. The van der Waals surface area contributed by atoms with Crippen molar-refractivity contribution in [3.8, 4) is 11.5 Å². The van der Waals surface area contributed by atoms with E-state index in [1.807, 2.05) is 13.0 Å². The molecule has 0 saturated carbocycles. The molecule has 0 saturated heterocycles. The number of nitrogens with two attached hydrogens (primary N) is 1. The van der Waals surface area contributed by atoms with Crippen LogP contribution in [0.1, 0.15) is 23.1 Å². The number of carbonyl (C=O) groups excluding carboxylic acids is 1. The third kappa shape index (κ3) is 2.32. The van der Waals surface area contributed by atoms with E-state index < -0.39 is 5.97 Å². The number of nitrogen functional groups attached to an aromatic ring is 1. The molecule has 0 unspecified atom stereocenters. The lowest BCUT2D eigenvalue weighted by Crippen LogP contribution is -2.06. The molecule has 0 radical (unpaired) electrons. The highest BCUT2D eigenvalue weighted by molar-refractivity contribution is 5.85. The van der Waals surface area contributed by atoms with Gasteiger partial charge in [0.2, 0.25) is 0 Å². The van der Waals surface area contributed by atoms with E-state index in [0.717, 1.165) is 5.56 Å². The van der Waals surface area contributed by atoms with Crippen LogP contribution in [0.15, 0.2) is 22.7 Å². The Morgan fingerprint density at radius 1 is 1.50 bits per heavy atom. The number of nitrogens with zero attached hydrogens (tertiary/aromatic N) is 2. The molecule has 6 heteroatoms. The zero-order chi connectivity index (χ0) is 13.1. The number of benzene rings is 1. The van der Waals surface area contributed by atoms with Gasteiger partial charge in [-0.2, -0.15) is 4.98 Å². The van der Waals surface area contributed by atoms with E-state index in [1.165, 1.54) is 0 Å². The molecule has 94 valence electrons. The minimum atomic E-state index is -0.603. The lowest BCUT2D eigenvalue weighted by molar-refractivity contribution is 0.0508. The fourth-order valence-electron chi connectivity index (χ4n) is 1.48. The highest BCUT2D eigenvalue weighted by Crippen LogP contribution is 2.23. The van der Waals surface area contributed by atoms with Gasteiger partial charge in [0.15, 0.2) is 0 Å². The van der Waals surface area contributed by atoms with Crippen molar-refractivity contribution in [1.82, 2.24) is 10.1 Å². The summed E-state index contributed by atoms with van der Waals surface area (Å²) < 4.78 is 9.82. The molecule has 0 aliphatic carbocycles. The van der Waals surface area contributed by atoms with Crippen LogP contribution < -0.4 is 5.73 Å². The Morgan fingerprint density at radius 3 is 3.00 bits per heavy atom. The van der Waals surface area contributed by atoms with E-state index >= 15 is 0 Å². The molecule has 0 aliphatic rings. The highest BCUT2D eigenvalue weighted by atomic mass is 16.5. The second-order valence-electron chi connectivity index (χ2n) is 3.72. The van der Waals surface area contributed by atoms with Crippen molar-refractivity contribution in [2.24, 2.45) is 0 Å². The van der Waals surface area contributed by atoms with Gasteiger partial charge in [-0.15, -0.1) is 0 Å². The highest BCUT2D eigenvalue weighted by Gasteiger charge is 2.17. The molecule has 0 atom stereocenters. The Balaban J connectivity index is 2.35. The van der Waals surface area contributed by atoms with Crippen molar-refractivity contribution in [3.05, 3.63) is 29.6 Å². The summed E-state index contributed by atoms with van der Waals surface area (Å²) in [5.74, 6) is -0.439. The van der Waals surface area contributed by atoms with Gasteiger partial charge in [0.05, 0.1) is 6.61 Å². The van der Waals surface area contributed by atoms with Gasteiger partial charge in [-0.25, -0.2) is 4.79 Å². The molecule has 18 heavy (non-hydrogen) atoms. The average Bonchev–Trinajstić information content (AvgIpc) is 2.82. The van der Waals surface area contributed by atoms with Gasteiger partial charge in [0.1, 0.15) is 0 Å². The Hall–Kier alpha value is -2.37. The van der Waals surface area contributed by atoms with Crippen LogP contribution in [0.25, 0.3) is 11.5 Å². The van der Waals surface area contributed by atoms with Gasteiger partial charge in [0, 0.05) is 11.3 Å². The smallest absolute Gasteiger partial charge is 0.379 e. The van der Waals surface area contributed by atoms with Gasteiger partial charge < -0.3 is 15.0 Å². The minimum Gasteiger partial charge on any atom is -0.460 e. The number of rotatable bonds is 3. The summed E-state index contributed by atoms with van der Waals surface area (Å²) in [6, 6.07) is 5.35. The maximum Gasteiger partial charge on any atom is 0.379 e. The fourth-order valence-corrected chi connectivity index (χ4v) is 1.48. The molecule has 2 N–H and O–H groups in total. The summed E-state index contributed by atoms with van der Waals surface area (Å²) in [4.78, 5) is 15.4. The standard InChI is InChI=1S/C12H13N3O3/c1-3-17-12(16)10-14-11(18-15-10)9-6-8(13)5-4-7(9)2/h4-6H,3,13H2,1-2H3. The summed E-state index contributed by atoms with van der Waals surface area (Å²) in [6.45, 7) is 3.87. The number of aryl methyl sites for hydroxylation is 1. The van der Waals surface area contributed by atoms with Crippen molar-refractivity contribution in [1.29, 1.82) is 0 Å². The first-order valence-corrected chi connectivity index (χ1v) is 5.49. The molecule has 2 aromatic rings. The lowest BCUT2D eigenvalue weighted by atomic mass is 10.1. The van der Waals surface area contributed by atoms with Crippen LogP contribution in [0.4, 0.5) is 5.69 Å². The number of carbonyl (C=O) groups is 1. The van der Waals surface area contributed by atoms with Crippen molar-refractivity contribution in [2.45, 2.75) is 13.8 Å². The van der Waals surface area contributed by atoms with E-state index in [2.05, 4.69) is 10.1 Å². The first-order valence-electron chi connectivity index (χ1n) is 5.49. The minimum absolute atomic E-state index is 0.0892. The molecular weight excluding hydrogens is 234 g/mol. The largest absolute Gasteiger partial charge is 0.460 e. The van der Waals surface area contributed by atoms with Gasteiger partial charge in [-0.3, -0.25) is 0 Å². The molecule has 2 rings (SSSR count). The summed E-state index contributed by atoms with van der Waals surface area (Å²) in [5, 5.41) is 3.58. The molecule has 1 aromatic carbocycles. The van der Waals surface area contributed by atoms with Gasteiger partial charge in [-0.05, 0) is 36.7 Å². The Morgan fingerprint density at radius 2 is 2.28 bits per heavy atom. The van der Waals surface area contributed by atoms with Crippen molar-refractivity contribution in [2.75, 3.05) is 12.3 Å². The number of ether oxygens (including phenoxy) is 1. The SMILES string of the molecule is CCOC(=O)c1noc(-c2cc(N)ccc2C)n1. The van der Waals surface area contributed by atoms with E-state index in [1.54, 1.807) is 19.1 Å². The second-order valence-corrected chi connectivity index (χ2v) is 3.72. The van der Waals surface area contributed by atoms with Crippen molar-refractivity contribution >= 4 is 11.7 Å². The first kappa shape index (κ1) is 12.1. The van der Waals surface area contributed by atoms with Gasteiger partial charge in [-0.1, -0.05) is 6.07 Å². The van der Waals surface area contributed by atoms with Crippen LogP contribution in [0.3, 0.4) is 0 Å². The van der Waals surface area contributed by atoms with Crippen LogP contribution >= 0.6 is 0 Å². The summed E-state index contributed by atoms with van der Waals surface area (Å²) >= 11 is 0. The van der Waals surface area contributed by atoms with E-state index in [0.29, 0.717) is 11.3 Å². The first-order chi connectivity index (χ1) is 8.61. The van der Waals surface area contributed by atoms with Gasteiger partial charge >= 0.3 is 5.97 Å². The van der Waals surface area contributed by atoms with Crippen LogP contribution in [-0.2, 0) is 4.74 Å². The van der Waals surface area contributed by atoms with Crippen LogP contribution in [0, 0.1) is 6.92 Å². The topological polar surface area (TPSA) is 91.2 Å². The molecule has 0 fully saturated rings. The number of hydrogen-bond donors (Lipinski definition) is 1. The molecule has 0 bridgehead atoms. The maximum atomic E-state index is 11.4. The summed E-state index contributed by atoms with van der Waals surface area (Å²) in [7, 11) is 0. The third-order valence-electron chi connectivity index (χ3n) is 2.38. The van der Waals surface area contributed by atoms with Gasteiger partial charge in [0.25, 0.3) is 11.7 Å². The van der Waals surface area contributed by atoms with E-state index in [-0.39, 0.29) is 18.3 Å². The maximum absolute atomic E-state index is 11.4. The molecule has 0 amide bonds. The molecule has 0 spiro atoms. The molecule has 1 heterocycles. The molecular formula is C12H13N3O3. The monoisotopic (exact) mass is 247 g/mol. The normalized spacial score (nSPS) is 10.3. The molecule has 6 nitrogen and oxygen atoms in total. The second kappa shape index (κ2) is 4.87. The van der Waals surface area contributed by atoms with Crippen LogP contribution in [-0.4, -0.2) is 22.7 Å². The van der Waals surface area contributed by atoms with E-state index in [9.17, 15) is 4.79 Å². The molecule has 0 aliphatic heterocycles. The molecule has 1 aromatic heterocycles. The summed E-state index contributed by atoms with van der Waals surface area (Å²) in [6.07, 6.45) is 0. The van der Waals surface area contributed by atoms with Crippen LogP contribution in [0.5, 0.6) is 0 Å².